The average molecular weight is 436 g/mol. The molecular weight excluding hydrogens is 406 g/mol. The third kappa shape index (κ3) is 4.99. The molecule has 1 fully saturated rings. The van der Waals surface area contributed by atoms with Crippen LogP contribution in [0.2, 0.25) is 0 Å². The van der Waals surface area contributed by atoms with Crippen LogP contribution in [0, 0.1) is 0 Å². The Balaban J connectivity index is 1.24. The minimum absolute atomic E-state index is 0.148. The predicted octanol–water partition coefficient (Wildman–Crippen LogP) is 6.41. The minimum Gasteiger partial charge on any atom is -0.490 e. The van der Waals surface area contributed by atoms with Crippen LogP contribution >= 0.6 is 0 Å². The van der Waals surface area contributed by atoms with Gasteiger partial charge in [-0.25, -0.2) is 0 Å². The molecule has 0 amide bonds. The van der Waals surface area contributed by atoms with Gasteiger partial charge in [-0.05, 0) is 59.5 Å². The van der Waals surface area contributed by atoms with Gasteiger partial charge in [0.25, 0.3) is 0 Å². The van der Waals surface area contributed by atoms with Gasteiger partial charge in [-0.2, -0.15) is 0 Å². The summed E-state index contributed by atoms with van der Waals surface area (Å²) in [5, 5.41) is 2.12. The number of ketones is 1. The fourth-order valence-corrected chi connectivity index (χ4v) is 4.59. The number of fused-ring (bicyclic) bond motifs is 1. The largest absolute Gasteiger partial charge is 0.490 e. The molecule has 0 aromatic heterocycles. The summed E-state index contributed by atoms with van der Waals surface area (Å²) in [6, 6.07) is 30.6. The van der Waals surface area contributed by atoms with Crippen LogP contribution in [0.4, 0.5) is 0 Å². The quantitative estimate of drug-likeness (QED) is 0.328. The van der Waals surface area contributed by atoms with Crippen LogP contribution in [0.1, 0.15) is 28.8 Å². The van der Waals surface area contributed by atoms with Crippen LogP contribution in [0.25, 0.3) is 21.9 Å². The first-order valence-electron chi connectivity index (χ1n) is 11.7. The summed E-state index contributed by atoms with van der Waals surface area (Å²) in [6.07, 6.45) is 2.87. The van der Waals surface area contributed by atoms with E-state index in [1.807, 2.05) is 42.5 Å². The maximum absolute atomic E-state index is 13.0. The zero-order valence-electron chi connectivity index (χ0n) is 19.0. The molecule has 1 saturated heterocycles. The van der Waals surface area contributed by atoms with E-state index in [1.165, 1.54) is 0 Å². The smallest absolute Gasteiger partial charge is 0.167 e. The molecule has 0 N–H and O–H groups in total. The number of rotatable bonds is 6. The fourth-order valence-electron chi connectivity index (χ4n) is 4.59. The second kappa shape index (κ2) is 9.60. The monoisotopic (exact) mass is 435 g/mol. The van der Waals surface area contributed by atoms with Crippen molar-refractivity contribution < 1.29 is 9.53 Å². The van der Waals surface area contributed by atoms with E-state index in [1.54, 1.807) is 0 Å². The predicted molar refractivity (Wildman–Crippen MR) is 135 cm³/mol. The van der Waals surface area contributed by atoms with Crippen LogP contribution in [-0.4, -0.2) is 36.9 Å². The molecule has 166 valence electrons. The summed E-state index contributed by atoms with van der Waals surface area (Å²) in [5.74, 6) is 1.08. The van der Waals surface area contributed by atoms with Crippen molar-refractivity contribution in [3.63, 3.8) is 0 Å². The highest BCUT2D eigenvalue weighted by Gasteiger charge is 2.18. The number of hydrogen-bond donors (Lipinski definition) is 0. The molecule has 5 rings (SSSR count). The van der Waals surface area contributed by atoms with Crippen LogP contribution < -0.4 is 4.74 Å². The van der Waals surface area contributed by atoms with Crippen LogP contribution in [0.15, 0.2) is 91.0 Å². The van der Waals surface area contributed by atoms with Gasteiger partial charge in [0, 0.05) is 25.1 Å². The molecule has 3 nitrogen and oxygen atoms in total. The summed E-state index contributed by atoms with van der Waals surface area (Å²) < 4.78 is 6.17. The number of hydrogen-bond acceptors (Lipinski definition) is 3. The average Bonchev–Trinajstić information content (AvgIpc) is 2.86. The van der Waals surface area contributed by atoms with Gasteiger partial charge in [-0.1, -0.05) is 78.9 Å². The van der Waals surface area contributed by atoms with Crippen LogP contribution in [0.5, 0.6) is 5.75 Å². The highest BCUT2D eigenvalue weighted by Crippen LogP contribution is 2.26. The Hall–Kier alpha value is -3.43. The van der Waals surface area contributed by atoms with Gasteiger partial charge in [0.2, 0.25) is 0 Å². The van der Waals surface area contributed by atoms with Crippen molar-refractivity contribution >= 4 is 16.6 Å². The van der Waals surface area contributed by atoms with Gasteiger partial charge in [-0.15, -0.1) is 0 Å². The number of carbonyl (C=O) groups is 1. The van der Waals surface area contributed by atoms with Crippen LogP contribution in [-0.2, 0) is 6.42 Å². The summed E-state index contributed by atoms with van der Waals surface area (Å²) in [7, 11) is 2.16. The molecule has 0 bridgehead atoms. The van der Waals surface area contributed by atoms with Crippen molar-refractivity contribution in [2.45, 2.75) is 25.4 Å². The molecule has 3 heteroatoms. The van der Waals surface area contributed by atoms with Gasteiger partial charge in [0.15, 0.2) is 5.78 Å². The lowest BCUT2D eigenvalue weighted by Gasteiger charge is -2.29. The molecule has 0 atom stereocenters. The van der Waals surface area contributed by atoms with Gasteiger partial charge in [0.1, 0.15) is 11.9 Å². The first-order valence-corrected chi connectivity index (χ1v) is 11.7. The van der Waals surface area contributed by atoms with E-state index in [-0.39, 0.29) is 5.78 Å². The maximum Gasteiger partial charge on any atom is 0.167 e. The Morgan fingerprint density at radius 3 is 2.18 bits per heavy atom. The number of nitrogens with zero attached hydrogens (tertiary/aromatic N) is 1. The van der Waals surface area contributed by atoms with E-state index in [2.05, 4.69) is 60.5 Å². The van der Waals surface area contributed by atoms with Gasteiger partial charge >= 0.3 is 0 Å². The molecule has 4 aromatic carbocycles. The topological polar surface area (TPSA) is 29.5 Å². The van der Waals surface area contributed by atoms with E-state index in [4.69, 9.17) is 4.74 Å². The Morgan fingerprint density at radius 2 is 1.45 bits per heavy atom. The van der Waals surface area contributed by atoms with E-state index < -0.39 is 0 Å². The standard InChI is InChI=1S/C30H29NO2/c1-31-19-17-27(18-20-31)33-26-15-13-24(14-16-26)23-11-9-22(10-12-23)21-30(32)29-8-4-6-25-5-2-3-7-28(25)29/h2-16,27H,17-21H2,1H3. The van der Waals surface area contributed by atoms with Crippen molar-refractivity contribution in [2.24, 2.45) is 0 Å². The lowest BCUT2D eigenvalue weighted by molar-refractivity contribution is 0.0994. The SMILES string of the molecule is CN1CCC(Oc2ccc(-c3ccc(CC(=O)c4cccc5ccccc45)cc3)cc2)CC1. The van der Waals surface area contributed by atoms with E-state index in [0.717, 1.165) is 64.7 Å². The second-order valence-corrected chi connectivity index (χ2v) is 8.97. The molecule has 4 aromatic rings. The molecule has 0 aliphatic carbocycles. The lowest BCUT2D eigenvalue weighted by Crippen LogP contribution is -2.35. The summed E-state index contributed by atoms with van der Waals surface area (Å²) in [6.45, 7) is 2.19. The van der Waals surface area contributed by atoms with Gasteiger partial charge < -0.3 is 9.64 Å². The Morgan fingerprint density at radius 1 is 0.818 bits per heavy atom. The minimum atomic E-state index is 0.148. The van der Waals surface area contributed by atoms with Crippen molar-refractivity contribution in [1.82, 2.24) is 4.90 Å². The third-order valence-corrected chi connectivity index (χ3v) is 6.56. The zero-order valence-corrected chi connectivity index (χ0v) is 19.0. The van der Waals surface area contributed by atoms with Gasteiger partial charge in [-0.3, -0.25) is 4.79 Å². The summed E-state index contributed by atoms with van der Waals surface area (Å²) >= 11 is 0. The summed E-state index contributed by atoms with van der Waals surface area (Å²) in [5.41, 5.74) is 4.11. The fraction of sp³-hybridized carbons (Fsp3) is 0.233. The van der Waals surface area contributed by atoms with E-state index >= 15 is 0 Å². The second-order valence-electron chi connectivity index (χ2n) is 8.97. The molecule has 1 aliphatic rings. The van der Waals surface area contributed by atoms with Crippen molar-refractivity contribution in [1.29, 1.82) is 0 Å². The number of piperidine rings is 1. The van der Waals surface area contributed by atoms with Crippen molar-refractivity contribution in [3.05, 3.63) is 102 Å². The number of carbonyl (C=O) groups excluding carboxylic acids is 1. The van der Waals surface area contributed by atoms with Gasteiger partial charge in [0.05, 0.1) is 0 Å². The zero-order chi connectivity index (χ0) is 22.6. The first kappa shape index (κ1) is 21.4. The molecule has 1 heterocycles. The number of Topliss-reactive ketones (excluding diaryl/α,β-unsaturated/α-hetero) is 1. The van der Waals surface area contributed by atoms with Crippen LogP contribution in [0.3, 0.4) is 0 Å². The third-order valence-electron chi connectivity index (χ3n) is 6.56. The Bertz CT molecular complexity index is 1230. The molecule has 1 aliphatic heterocycles. The van der Waals surface area contributed by atoms with E-state index in [0.29, 0.717) is 12.5 Å². The number of likely N-dealkylation sites (tertiary alicyclic amines) is 1. The molecule has 0 unspecified atom stereocenters. The summed E-state index contributed by atoms with van der Waals surface area (Å²) in [4.78, 5) is 15.3. The maximum atomic E-state index is 13.0. The normalized spacial score (nSPS) is 14.9. The first-order chi connectivity index (χ1) is 16.2. The van der Waals surface area contributed by atoms with Crippen molar-refractivity contribution in [3.8, 4) is 16.9 Å². The molecule has 0 radical (unpaired) electrons. The lowest BCUT2D eigenvalue weighted by atomic mass is 9.96. The molecule has 0 spiro atoms. The number of ether oxygens (including phenoxy) is 1. The highest BCUT2D eigenvalue weighted by atomic mass is 16.5. The van der Waals surface area contributed by atoms with E-state index in [9.17, 15) is 4.79 Å². The number of benzene rings is 4. The molecular formula is C30H29NO2. The molecule has 0 saturated carbocycles. The highest BCUT2D eigenvalue weighted by molar-refractivity contribution is 6.08. The molecule has 33 heavy (non-hydrogen) atoms. The Labute approximate surface area is 195 Å². The Kier molecular flexibility index (Phi) is 6.23. The van der Waals surface area contributed by atoms with Crippen molar-refractivity contribution in [2.75, 3.05) is 20.1 Å².